The van der Waals surface area contributed by atoms with Gasteiger partial charge in [0.15, 0.2) is 0 Å². The van der Waals surface area contributed by atoms with E-state index in [0.717, 1.165) is 50.5 Å². The molecule has 2 heterocycles. The number of piperazine rings is 1. The molecule has 2 aliphatic carbocycles. The number of rotatable bonds is 3. The number of allylic oxidation sites excluding steroid dienone is 1. The van der Waals surface area contributed by atoms with Crippen molar-refractivity contribution >= 4 is 23.3 Å². The molecular formula is C26H35ClN2O3. The van der Waals surface area contributed by atoms with E-state index in [1.807, 2.05) is 12.1 Å². The molecular weight excluding hydrogens is 424 g/mol. The monoisotopic (exact) mass is 458 g/mol. The minimum Gasteiger partial charge on any atom is -0.461 e. The van der Waals surface area contributed by atoms with Gasteiger partial charge >= 0.3 is 5.97 Å². The average Bonchev–Trinajstić information content (AvgIpc) is 3.08. The number of carbonyl (C=O) groups excluding carboxylic acids is 1. The topological polar surface area (TPSA) is 53.0 Å². The quantitative estimate of drug-likeness (QED) is 0.547. The maximum absolute atomic E-state index is 12.9. The fourth-order valence-corrected chi connectivity index (χ4v) is 6.81. The van der Waals surface area contributed by atoms with Gasteiger partial charge in [-0.1, -0.05) is 43.2 Å². The fraction of sp³-hybridized carbons (Fsp3) is 0.654. The highest BCUT2D eigenvalue weighted by Gasteiger charge is 2.59. The van der Waals surface area contributed by atoms with E-state index in [9.17, 15) is 9.90 Å². The van der Waals surface area contributed by atoms with Crippen molar-refractivity contribution in [2.45, 2.75) is 52.2 Å². The summed E-state index contributed by atoms with van der Waals surface area (Å²) < 4.78 is 5.85. The number of hydrogen-bond donors (Lipinski definition) is 1. The van der Waals surface area contributed by atoms with Gasteiger partial charge in [0.1, 0.15) is 6.10 Å². The lowest BCUT2D eigenvalue weighted by molar-refractivity contribution is -0.145. The van der Waals surface area contributed by atoms with Crippen molar-refractivity contribution in [3.63, 3.8) is 0 Å². The first-order valence-electron chi connectivity index (χ1n) is 12.1. The van der Waals surface area contributed by atoms with Crippen LogP contribution in [-0.2, 0) is 9.53 Å². The van der Waals surface area contributed by atoms with Gasteiger partial charge in [-0.3, -0.25) is 9.69 Å². The fourth-order valence-electron chi connectivity index (χ4n) is 6.65. The Balaban J connectivity index is 1.28. The molecule has 3 fully saturated rings. The lowest BCUT2D eigenvalue weighted by atomic mass is 9.55. The van der Waals surface area contributed by atoms with Crippen LogP contribution in [-0.4, -0.2) is 60.9 Å². The lowest BCUT2D eigenvalue weighted by Gasteiger charge is -2.52. The van der Waals surface area contributed by atoms with Crippen molar-refractivity contribution in [3.8, 4) is 0 Å². The highest BCUT2D eigenvalue weighted by atomic mass is 35.5. The summed E-state index contributed by atoms with van der Waals surface area (Å²) in [4.78, 5) is 17.7. The van der Waals surface area contributed by atoms with Gasteiger partial charge in [0.2, 0.25) is 0 Å². The predicted molar refractivity (Wildman–Crippen MR) is 127 cm³/mol. The second-order valence-electron chi connectivity index (χ2n) is 10.5. The van der Waals surface area contributed by atoms with E-state index >= 15 is 0 Å². The highest BCUT2D eigenvalue weighted by molar-refractivity contribution is 6.30. The SMILES string of the molecule is Cc1ccc(Cl)cc1N1CCN(C[C@H]2C(=O)O[C@@H]3CC4=CCC[C@H](C)[C@@]4(C)[C@H](O)[C@H]32)CC1. The number of anilines is 1. The van der Waals surface area contributed by atoms with Crippen molar-refractivity contribution in [3.05, 3.63) is 40.4 Å². The molecule has 5 rings (SSSR count). The molecule has 1 aromatic rings. The molecule has 174 valence electrons. The van der Waals surface area contributed by atoms with Gasteiger partial charge in [0, 0.05) is 61.2 Å². The number of carbonyl (C=O) groups is 1. The smallest absolute Gasteiger partial charge is 0.311 e. The standard InChI is InChI=1S/C26H35ClN2O3/c1-16-7-8-19(27)14-21(16)29-11-9-28(10-12-29)15-20-23-22(32-25(20)31)13-18-6-4-5-17(2)26(18,3)24(23)30/h6-8,14,17,20,22-24,30H,4-5,9-13,15H2,1-3H3/t17-,20+,22+,23-,24+,26+/m0/s1. The van der Waals surface area contributed by atoms with E-state index in [2.05, 4.69) is 42.7 Å². The Kier molecular flexibility index (Phi) is 5.80. The summed E-state index contributed by atoms with van der Waals surface area (Å²) in [6, 6.07) is 6.04. The molecule has 0 radical (unpaired) electrons. The van der Waals surface area contributed by atoms with Gasteiger partial charge < -0.3 is 14.7 Å². The number of fused-ring (bicyclic) bond motifs is 2. The Morgan fingerprint density at radius 1 is 1.25 bits per heavy atom. The van der Waals surface area contributed by atoms with Crippen LogP contribution in [0.3, 0.4) is 0 Å². The van der Waals surface area contributed by atoms with Gasteiger partial charge in [-0.05, 0) is 43.4 Å². The number of nitrogens with zero attached hydrogens (tertiary/aromatic N) is 2. The van der Waals surface area contributed by atoms with Crippen LogP contribution in [0.25, 0.3) is 0 Å². The first kappa shape index (κ1) is 22.2. The van der Waals surface area contributed by atoms with Gasteiger partial charge in [-0.25, -0.2) is 0 Å². The zero-order chi connectivity index (χ0) is 22.6. The van der Waals surface area contributed by atoms with Crippen LogP contribution < -0.4 is 4.90 Å². The molecule has 1 N–H and O–H groups in total. The predicted octanol–water partition coefficient (Wildman–Crippen LogP) is 4.06. The largest absolute Gasteiger partial charge is 0.461 e. The Morgan fingerprint density at radius 3 is 2.75 bits per heavy atom. The van der Waals surface area contributed by atoms with Crippen LogP contribution in [0.2, 0.25) is 5.02 Å². The van der Waals surface area contributed by atoms with Gasteiger partial charge in [0.25, 0.3) is 0 Å². The minimum absolute atomic E-state index is 0.113. The maximum atomic E-state index is 12.9. The van der Waals surface area contributed by atoms with E-state index < -0.39 is 6.10 Å². The molecule has 2 saturated heterocycles. The molecule has 0 spiro atoms. The maximum Gasteiger partial charge on any atom is 0.311 e. The average molecular weight is 459 g/mol. The van der Waals surface area contributed by atoms with Crippen LogP contribution in [0.4, 0.5) is 5.69 Å². The Labute approximate surface area is 196 Å². The molecule has 1 aromatic carbocycles. The van der Waals surface area contributed by atoms with Gasteiger partial charge in [-0.2, -0.15) is 0 Å². The van der Waals surface area contributed by atoms with E-state index in [1.54, 1.807) is 0 Å². The molecule has 4 aliphatic rings. The van der Waals surface area contributed by atoms with E-state index in [-0.39, 0.29) is 29.3 Å². The van der Waals surface area contributed by atoms with Crippen molar-refractivity contribution in [2.75, 3.05) is 37.6 Å². The summed E-state index contributed by atoms with van der Waals surface area (Å²) in [5.41, 5.74) is 3.48. The number of aryl methyl sites for hydroxylation is 1. The molecule has 0 aromatic heterocycles. The second kappa shape index (κ2) is 8.34. The van der Waals surface area contributed by atoms with E-state index in [0.29, 0.717) is 12.5 Å². The Bertz CT molecular complexity index is 926. The molecule has 2 aliphatic heterocycles. The van der Waals surface area contributed by atoms with Crippen LogP contribution in [0.1, 0.15) is 38.7 Å². The van der Waals surface area contributed by atoms with Crippen LogP contribution >= 0.6 is 11.6 Å². The molecule has 32 heavy (non-hydrogen) atoms. The first-order valence-corrected chi connectivity index (χ1v) is 12.5. The van der Waals surface area contributed by atoms with Crippen molar-refractivity contribution in [1.29, 1.82) is 0 Å². The van der Waals surface area contributed by atoms with Gasteiger partial charge in [0.05, 0.1) is 12.0 Å². The molecule has 0 unspecified atom stereocenters. The molecule has 0 amide bonds. The number of esters is 1. The summed E-state index contributed by atoms with van der Waals surface area (Å²) in [6.45, 7) is 10.8. The third-order valence-corrected chi connectivity index (χ3v) is 9.14. The van der Waals surface area contributed by atoms with Crippen LogP contribution in [0.15, 0.2) is 29.8 Å². The summed E-state index contributed by atoms with van der Waals surface area (Å²) in [6.07, 6.45) is 4.52. The molecule has 6 atom stereocenters. The van der Waals surface area contributed by atoms with Crippen molar-refractivity contribution in [1.82, 2.24) is 4.90 Å². The first-order chi connectivity index (χ1) is 15.3. The summed E-state index contributed by atoms with van der Waals surface area (Å²) in [5.74, 6) is -0.0673. The normalized spacial score (nSPS) is 37.5. The van der Waals surface area contributed by atoms with Crippen LogP contribution in [0, 0.1) is 30.1 Å². The zero-order valence-corrected chi connectivity index (χ0v) is 20.1. The Hall–Kier alpha value is -1.56. The Morgan fingerprint density at radius 2 is 2.00 bits per heavy atom. The summed E-state index contributed by atoms with van der Waals surface area (Å²) >= 11 is 6.23. The number of ether oxygens (including phenoxy) is 1. The van der Waals surface area contributed by atoms with Gasteiger partial charge in [-0.15, -0.1) is 0 Å². The molecule has 0 bridgehead atoms. The van der Waals surface area contributed by atoms with Crippen molar-refractivity contribution < 1.29 is 14.6 Å². The third-order valence-electron chi connectivity index (χ3n) is 8.91. The highest BCUT2D eigenvalue weighted by Crippen LogP contribution is 2.56. The molecule has 1 saturated carbocycles. The minimum atomic E-state index is -0.533. The zero-order valence-electron chi connectivity index (χ0n) is 19.4. The molecule has 6 heteroatoms. The summed E-state index contributed by atoms with van der Waals surface area (Å²) in [5, 5.41) is 12.3. The van der Waals surface area contributed by atoms with Crippen molar-refractivity contribution in [2.24, 2.45) is 23.2 Å². The second-order valence-corrected chi connectivity index (χ2v) is 11.0. The summed E-state index contributed by atoms with van der Waals surface area (Å²) in [7, 11) is 0. The van der Waals surface area contributed by atoms with E-state index in [1.165, 1.54) is 16.8 Å². The van der Waals surface area contributed by atoms with E-state index in [4.69, 9.17) is 16.3 Å². The lowest BCUT2D eigenvalue weighted by Crippen LogP contribution is -2.55. The number of hydrogen-bond acceptors (Lipinski definition) is 5. The number of aliphatic hydroxyl groups excluding tert-OH is 1. The number of benzene rings is 1. The number of aliphatic hydroxyl groups is 1. The third kappa shape index (κ3) is 3.57. The molecule has 5 nitrogen and oxygen atoms in total. The van der Waals surface area contributed by atoms with Crippen LogP contribution in [0.5, 0.6) is 0 Å². The number of halogens is 1.